The van der Waals surface area contributed by atoms with Crippen LogP contribution in [0.25, 0.3) is 0 Å². The summed E-state index contributed by atoms with van der Waals surface area (Å²) < 4.78 is 32.4. The normalized spacial score (nSPS) is 19.0. The smallest absolute Gasteiger partial charge is 0.253 e. The Kier molecular flexibility index (Phi) is 8.91. The number of nitrogens with zero attached hydrogens (tertiary/aromatic N) is 3. The molecule has 2 fully saturated rings. The Labute approximate surface area is 184 Å². The molecule has 1 aromatic carbocycles. The molecule has 0 aliphatic carbocycles. The molecule has 0 radical (unpaired) electrons. The van der Waals surface area contributed by atoms with Crippen LogP contribution < -0.4 is 5.32 Å². The number of ether oxygens (including phenoxy) is 1. The SMILES string of the molecule is O=C(c1cccc(Cl)c1)N(CCCN1CCOCC1)CCS(=O)(=O)N1CCNCC1. The van der Waals surface area contributed by atoms with Crippen molar-refractivity contribution in [3.8, 4) is 0 Å². The van der Waals surface area contributed by atoms with Crippen LogP contribution in [0.5, 0.6) is 0 Å². The van der Waals surface area contributed by atoms with Crippen LogP contribution in [-0.2, 0) is 14.8 Å². The Hall–Kier alpha value is -1.23. The Morgan fingerprint density at radius 1 is 1.13 bits per heavy atom. The molecular weight excluding hydrogens is 428 g/mol. The summed E-state index contributed by atoms with van der Waals surface area (Å²) >= 11 is 6.05. The standard InChI is InChI=1S/C20H31ClN4O4S/c21-19-4-1-3-18(17-19)20(26)24(8-2-7-23-11-14-29-15-12-23)13-16-30(27,28)25-9-5-22-6-10-25/h1,3-4,17,22H,2,5-16H2. The third kappa shape index (κ3) is 6.90. The van der Waals surface area contributed by atoms with Gasteiger partial charge in [0.15, 0.2) is 0 Å². The van der Waals surface area contributed by atoms with E-state index >= 15 is 0 Å². The van der Waals surface area contributed by atoms with Gasteiger partial charge in [-0.3, -0.25) is 9.69 Å². The minimum atomic E-state index is -3.40. The van der Waals surface area contributed by atoms with Crippen LogP contribution in [0.1, 0.15) is 16.8 Å². The summed E-state index contributed by atoms with van der Waals surface area (Å²) in [7, 11) is -3.40. The van der Waals surface area contributed by atoms with E-state index in [1.54, 1.807) is 29.2 Å². The van der Waals surface area contributed by atoms with Gasteiger partial charge in [0, 0.05) is 69.5 Å². The predicted octanol–water partition coefficient (Wildman–Crippen LogP) is 0.740. The van der Waals surface area contributed by atoms with Crippen molar-refractivity contribution in [2.75, 3.05) is 77.9 Å². The van der Waals surface area contributed by atoms with E-state index in [1.807, 2.05) is 0 Å². The lowest BCUT2D eigenvalue weighted by Gasteiger charge is -2.30. The molecule has 0 atom stereocenters. The molecule has 0 bridgehead atoms. The van der Waals surface area contributed by atoms with Crippen LogP contribution in [0.2, 0.25) is 5.02 Å². The molecular formula is C20H31ClN4O4S. The maximum atomic E-state index is 13.1. The zero-order valence-corrected chi connectivity index (χ0v) is 18.8. The lowest BCUT2D eigenvalue weighted by atomic mass is 10.2. The summed E-state index contributed by atoms with van der Waals surface area (Å²) in [5.41, 5.74) is 0.480. The number of nitrogens with one attached hydrogen (secondary N) is 1. The molecule has 0 unspecified atom stereocenters. The molecule has 2 heterocycles. The van der Waals surface area contributed by atoms with Crippen LogP contribution in [0.15, 0.2) is 24.3 Å². The lowest BCUT2D eigenvalue weighted by Crippen LogP contribution is -2.48. The second kappa shape index (κ2) is 11.4. The average molecular weight is 459 g/mol. The van der Waals surface area contributed by atoms with Gasteiger partial charge in [-0.05, 0) is 24.6 Å². The molecule has 30 heavy (non-hydrogen) atoms. The number of carbonyl (C=O) groups excluding carboxylic acids is 1. The third-order valence-electron chi connectivity index (χ3n) is 5.45. The number of hydrogen-bond donors (Lipinski definition) is 1. The van der Waals surface area contributed by atoms with E-state index in [9.17, 15) is 13.2 Å². The van der Waals surface area contributed by atoms with Crippen molar-refractivity contribution >= 4 is 27.5 Å². The van der Waals surface area contributed by atoms with E-state index in [1.165, 1.54) is 4.31 Å². The Morgan fingerprint density at radius 3 is 2.57 bits per heavy atom. The largest absolute Gasteiger partial charge is 0.379 e. The molecule has 1 N–H and O–H groups in total. The van der Waals surface area contributed by atoms with E-state index < -0.39 is 10.0 Å². The number of sulfonamides is 1. The van der Waals surface area contributed by atoms with Crippen LogP contribution in [0.4, 0.5) is 0 Å². The summed E-state index contributed by atoms with van der Waals surface area (Å²) in [4.78, 5) is 17.0. The van der Waals surface area contributed by atoms with Crippen molar-refractivity contribution in [1.29, 1.82) is 0 Å². The molecule has 8 nitrogen and oxygen atoms in total. The highest BCUT2D eigenvalue weighted by Gasteiger charge is 2.26. The van der Waals surface area contributed by atoms with Crippen molar-refractivity contribution < 1.29 is 17.9 Å². The fraction of sp³-hybridized carbons (Fsp3) is 0.650. The summed E-state index contributed by atoms with van der Waals surface area (Å²) in [6.45, 7) is 7.02. The van der Waals surface area contributed by atoms with Gasteiger partial charge in [0.25, 0.3) is 5.91 Å². The van der Waals surface area contributed by atoms with Gasteiger partial charge in [-0.15, -0.1) is 0 Å². The molecule has 1 amide bonds. The summed E-state index contributed by atoms with van der Waals surface area (Å²) in [6.07, 6.45) is 0.778. The first-order valence-electron chi connectivity index (χ1n) is 10.5. The summed E-state index contributed by atoms with van der Waals surface area (Å²) in [6, 6.07) is 6.80. The highest BCUT2D eigenvalue weighted by molar-refractivity contribution is 7.89. The van der Waals surface area contributed by atoms with Gasteiger partial charge >= 0.3 is 0 Å². The molecule has 2 aliphatic rings. The van der Waals surface area contributed by atoms with Crippen molar-refractivity contribution in [3.63, 3.8) is 0 Å². The zero-order valence-electron chi connectivity index (χ0n) is 17.3. The molecule has 0 aromatic heterocycles. The lowest BCUT2D eigenvalue weighted by molar-refractivity contribution is 0.0358. The minimum Gasteiger partial charge on any atom is -0.379 e. The van der Waals surface area contributed by atoms with E-state index in [0.29, 0.717) is 43.3 Å². The summed E-state index contributed by atoms with van der Waals surface area (Å²) in [5, 5.41) is 3.65. The first-order valence-corrected chi connectivity index (χ1v) is 12.5. The number of carbonyl (C=O) groups is 1. The number of halogens is 1. The Balaban J connectivity index is 1.62. The maximum absolute atomic E-state index is 13.1. The second-order valence-electron chi connectivity index (χ2n) is 7.58. The predicted molar refractivity (Wildman–Crippen MR) is 117 cm³/mol. The van der Waals surface area contributed by atoms with Crippen molar-refractivity contribution in [2.24, 2.45) is 0 Å². The number of morpholine rings is 1. The van der Waals surface area contributed by atoms with Crippen molar-refractivity contribution in [1.82, 2.24) is 19.4 Å². The molecule has 0 saturated carbocycles. The van der Waals surface area contributed by atoms with Gasteiger partial charge in [-0.1, -0.05) is 17.7 Å². The molecule has 10 heteroatoms. The highest BCUT2D eigenvalue weighted by Crippen LogP contribution is 2.14. The molecule has 2 saturated heterocycles. The minimum absolute atomic E-state index is 0.0726. The van der Waals surface area contributed by atoms with Gasteiger partial charge in [0.2, 0.25) is 10.0 Å². The topological polar surface area (TPSA) is 82.2 Å². The monoisotopic (exact) mass is 458 g/mol. The fourth-order valence-corrected chi connectivity index (χ4v) is 5.34. The third-order valence-corrected chi connectivity index (χ3v) is 7.54. The number of benzene rings is 1. The molecule has 168 valence electrons. The van der Waals surface area contributed by atoms with Gasteiger partial charge in [0.05, 0.1) is 19.0 Å². The summed E-state index contributed by atoms with van der Waals surface area (Å²) in [5.74, 6) is -0.258. The zero-order chi connectivity index (χ0) is 21.4. The van der Waals surface area contributed by atoms with Crippen molar-refractivity contribution in [2.45, 2.75) is 6.42 Å². The average Bonchev–Trinajstić information content (AvgIpc) is 2.77. The number of piperazine rings is 1. The van der Waals surface area contributed by atoms with E-state index in [-0.39, 0.29) is 18.2 Å². The van der Waals surface area contributed by atoms with Crippen LogP contribution >= 0.6 is 11.6 Å². The number of rotatable bonds is 9. The van der Waals surface area contributed by atoms with Gasteiger partial charge in [0.1, 0.15) is 0 Å². The fourth-order valence-electron chi connectivity index (χ4n) is 3.71. The van der Waals surface area contributed by atoms with Crippen LogP contribution in [-0.4, -0.2) is 106 Å². The Morgan fingerprint density at radius 2 is 1.87 bits per heavy atom. The van der Waals surface area contributed by atoms with Gasteiger partial charge < -0.3 is 15.0 Å². The van der Waals surface area contributed by atoms with E-state index in [2.05, 4.69) is 10.2 Å². The number of amides is 1. The number of hydrogen-bond acceptors (Lipinski definition) is 6. The molecule has 3 rings (SSSR count). The second-order valence-corrected chi connectivity index (χ2v) is 10.1. The van der Waals surface area contributed by atoms with Crippen LogP contribution in [0.3, 0.4) is 0 Å². The molecule has 2 aliphatic heterocycles. The quantitative estimate of drug-likeness (QED) is 0.587. The van der Waals surface area contributed by atoms with Crippen LogP contribution in [0, 0.1) is 0 Å². The maximum Gasteiger partial charge on any atom is 0.253 e. The van der Waals surface area contributed by atoms with E-state index in [4.69, 9.17) is 16.3 Å². The van der Waals surface area contributed by atoms with Crippen molar-refractivity contribution in [3.05, 3.63) is 34.9 Å². The Bertz CT molecular complexity index is 796. The van der Waals surface area contributed by atoms with Gasteiger partial charge in [-0.25, -0.2) is 8.42 Å². The highest BCUT2D eigenvalue weighted by atomic mass is 35.5. The van der Waals surface area contributed by atoms with E-state index in [0.717, 1.165) is 39.3 Å². The first kappa shape index (κ1) is 23.4. The molecule has 0 spiro atoms. The van der Waals surface area contributed by atoms with Gasteiger partial charge in [-0.2, -0.15) is 4.31 Å². The first-order chi connectivity index (χ1) is 14.5. The molecule has 1 aromatic rings.